The van der Waals surface area contributed by atoms with Gasteiger partial charge in [0.05, 0.1) is 6.10 Å². The van der Waals surface area contributed by atoms with E-state index in [1.807, 2.05) is 30.5 Å². The Hall–Kier alpha value is -1.04. The molecule has 5 heteroatoms. The Morgan fingerprint density at radius 3 is 2.68 bits per heavy atom. The average molecular weight is 280 g/mol. The van der Waals surface area contributed by atoms with Crippen LogP contribution in [0.3, 0.4) is 0 Å². The van der Waals surface area contributed by atoms with Crippen molar-refractivity contribution in [3.63, 3.8) is 0 Å². The molecule has 1 fully saturated rings. The van der Waals surface area contributed by atoms with Crippen LogP contribution in [0.25, 0.3) is 0 Å². The minimum absolute atomic E-state index is 0.0876. The Morgan fingerprint density at radius 2 is 2.05 bits per heavy atom. The van der Waals surface area contributed by atoms with Crippen molar-refractivity contribution >= 4 is 23.4 Å². The van der Waals surface area contributed by atoms with Gasteiger partial charge in [0.15, 0.2) is 0 Å². The quantitative estimate of drug-likeness (QED) is 0.811. The summed E-state index contributed by atoms with van der Waals surface area (Å²) in [7, 11) is 0. The van der Waals surface area contributed by atoms with Crippen LogP contribution in [0.5, 0.6) is 0 Å². The highest BCUT2D eigenvalue weighted by Gasteiger charge is 2.14. The van der Waals surface area contributed by atoms with Crippen molar-refractivity contribution in [1.29, 1.82) is 0 Å². The zero-order chi connectivity index (χ0) is 13.5. The number of thioether (sulfide) groups is 1. The van der Waals surface area contributed by atoms with Gasteiger partial charge in [-0.2, -0.15) is 0 Å². The van der Waals surface area contributed by atoms with Gasteiger partial charge in [-0.3, -0.25) is 4.79 Å². The van der Waals surface area contributed by atoms with Gasteiger partial charge in [0.1, 0.15) is 6.61 Å². The number of ether oxygens (including phenoxy) is 1. The number of rotatable bonds is 5. The third-order valence-electron chi connectivity index (χ3n) is 3.11. The molecule has 1 aliphatic rings. The second-order valence-corrected chi connectivity index (χ2v) is 5.42. The van der Waals surface area contributed by atoms with Crippen LogP contribution < -0.4 is 10.6 Å². The third kappa shape index (κ3) is 4.86. The van der Waals surface area contributed by atoms with Crippen LogP contribution >= 0.6 is 11.8 Å². The fraction of sp³-hybridized carbons (Fsp3) is 0.500. The lowest BCUT2D eigenvalue weighted by atomic mass is 10.1. The molecule has 2 N–H and O–H groups in total. The zero-order valence-corrected chi connectivity index (χ0v) is 12.0. The van der Waals surface area contributed by atoms with Gasteiger partial charge in [0.25, 0.3) is 0 Å². The van der Waals surface area contributed by atoms with E-state index in [1.165, 1.54) is 4.90 Å². The number of hydrogen-bond acceptors (Lipinski definition) is 4. The molecule has 0 unspecified atom stereocenters. The molecule has 1 aliphatic heterocycles. The SMILES string of the molecule is CSc1ccc(NC(=O)COC2CCNCC2)cc1. The van der Waals surface area contributed by atoms with E-state index in [0.717, 1.165) is 31.6 Å². The Morgan fingerprint density at radius 1 is 1.37 bits per heavy atom. The number of amides is 1. The van der Waals surface area contributed by atoms with Crippen molar-refractivity contribution in [2.45, 2.75) is 23.8 Å². The summed E-state index contributed by atoms with van der Waals surface area (Å²) in [6, 6.07) is 7.81. The van der Waals surface area contributed by atoms with Crippen LogP contribution in [0, 0.1) is 0 Å². The molecule has 0 saturated carbocycles. The molecule has 4 nitrogen and oxygen atoms in total. The molecule has 19 heavy (non-hydrogen) atoms. The van der Waals surface area contributed by atoms with Gasteiger partial charge in [-0.05, 0) is 56.5 Å². The maximum Gasteiger partial charge on any atom is 0.250 e. The number of nitrogens with one attached hydrogen (secondary N) is 2. The number of piperidine rings is 1. The van der Waals surface area contributed by atoms with Crippen LogP contribution in [0.15, 0.2) is 29.2 Å². The smallest absolute Gasteiger partial charge is 0.250 e. The average Bonchev–Trinajstić information content (AvgIpc) is 2.47. The Kier molecular flexibility index (Phi) is 5.69. The number of hydrogen-bond donors (Lipinski definition) is 2. The van der Waals surface area contributed by atoms with E-state index in [-0.39, 0.29) is 18.6 Å². The van der Waals surface area contributed by atoms with Crippen molar-refractivity contribution < 1.29 is 9.53 Å². The number of carbonyl (C=O) groups is 1. The molecular weight excluding hydrogens is 260 g/mol. The van der Waals surface area contributed by atoms with Crippen LogP contribution in [-0.4, -0.2) is 38.0 Å². The fourth-order valence-corrected chi connectivity index (χ4v) is 2.44. The monoisotopic (exact) mass is 280 g/mol. The molecule has 0 aliphatic carbocycles. The normalized spacial score (nSPS) is 16.3. The summed E-state index contributed by atoms with van der Waals surface area (Å²) >= 11 is 1.68. The van der Waals surface area contributed by atoms with E-state index in [2.05, 4.69) is 10.6 Å². The molecule has 104 valence electrons. The molecule has 2 rings (SSSR count). The molecule has 0 radical (unpaired) electrons. The summed E-state index contributed by atoms with van der Waals surface area (Å²) in [5.74, 6) is -0.0876. The van der Waals surface area contributed by atoms with Crippen molar-refractivity contribution in [3.8, 4) is 0 Å². The van der Waals surface area contributed by atoms with Gasteiger partial charge in [0.2, 0.25) is 5.91 Å². The minimum atomic E-state index is -0.0876. The predicted octanol–water partition coefficient (Wildman–Crippen LogP) is 2.12. The maximum absolute atomic E-state index is 11.8. The van der Waals surface area contributed by atoms with Crippen molar-refractivity contribution in [2.75, 3.05) is 31.3 Å². The second kappa shape index (κ2) is 7.53. The molecule has 0 atom stereocenters. The lowest BCUT2D eigenvalue weighted by Gasteiger charge is -2.22. The summed E-state index contributed by atoms with van der Waals surface area (Å²) in [5, 5.41) is 6.11. The van der Waals surface area contributed by atoms with E-state index in [0.29, 0.717) is 0 Å². The molecule has 1 amide bonds. The predicted molar refractivity (Wildman–Crippen MR) is 78.7 cm³/mol. The highest BCUT2D eigenvalue weighted by Crippen LogP contribution is 2.17. The standard InChI is InChI=1S/C14H20N2O2S/c1-19-13-4-2-11(3-5-13)16-14(17)10-18-12-6-8-15-9-7-12/h2-5,12,15H,6-10H2,1H3,(H,16,17). The number of carbonyl (C=O) groups excluding carboxylic acids is 1. The van der Waals surface area contributed by atoms with Gasteiger partial charge < -0.3 is 15.4 Å². The van der Waals surface area contributed by atoms with Gasteiger partial charge in [-0.25, -0.2) is 0 Å². The van der Waals surface area contributed by atoms with E-state index < -0.39 is 0 Å². The molecule has 1 saturated heterocycles. The molecule has 1 aromatic carbocycles. The molecular formula is C14H20N2O2S. The first-order valence-electron chi connectivity index (χ1n) is 6.54. The van der Waals surface area contributed by atoms with Crippen molar-refractivity contribution in [1.82, 2.24) is 5.32 Å². The molecule has 0 aromatic heterocycles. The van der Waals surface area contributed by atoms with Gasteiger partial charge >= 0.3 is 0 Å². The largest absolute Gasteiger partial charge is 0.368 e. The van der Waals surface area contributed by atoms with E-state index in [9.17, 15) is 4.79 Å². The molecule has 1 heterocycles. The summed E-state index contributed by atoms with van der Waals surface area (Å²) in [6.07, 6.45) is 4.21. The summed E-state index contributed by atoms with van der Waals surface area (Å²) < 4.78 is 5.61. The first kappa shape index (κ1) is 14.4. The van der Waals surface area contributed by atoms with E-state index in [1.54, 1.807) is 11.8 Å². The zero-order valence-electron chi connectivity index (χ0n) is 11.1. The third-order valence-corrected chi connectivity index (χ3v) is 3.85. The number of benzene rings is 1. The van der Waals surface area contributed by atoms with Gasteiger partial charge in [-0.1, -0.05) is 0 Å². The Bertz CT molecular complexity index is 402. The lowest BCUT2D eigenvalue weighted by molar-refractivity contribution is -0.123. The highest BCUT2D eigenvalue weighted by atomic mass is 32.2. The summed E-state index contributed by atoms with van der Waals surface area (Å²) in [4.78, 5) is 12.9. The van der Waals surface area contributed by atoms with Gasteiger partial charge in [-0.15, -0.1) is 11.8 Å². The second-order valence-electron chi connectivity index (χ2n) is 4.54. The topological polar surface area (TPSA) is 50.4 Å². The first-order valence-corrected chi connectivity index (χ1v) is 7.76. The van der Waals surface area contributed by atoms with Crippen LogP contribution in [0.4, 0.5) is 5.69 Å². The minimum Gasteiger partial charge on any atom is -0.368 e. The fourth-order valence-electron chi connectivity index (χ4n) is 2.03. The lowest BCUT2D eigenvalue weighted by Crippen LogP contribution is -2.34. The van der Waals surface area contributed by atoms with Crippen molar-refractivity contribution in [3.05, 3.63) is 24.3 Å². The van der Waals surface area contributed by atoms with Crippen LogP contribution in [0.2, 0.25) is 0 Å². The maximum atomic E-state index is 11.8. The Balaban J connectivity index is 1.73. The van der Waals surface area contributed by atoms with Crippen LogP contribution in [-0.2, 0) is 9.53 Å². The van der Waals surface area contributed by atoms with Gasteiger partial charge in [0, 0.05) is 10.6 Å². The highest BCUT2D eigenvalue weighted by molar-refractivity contribution is 7.98. The summed E-state index contributed by atoms with van der Waals surface area (Å²) in [5.41, 5.74) is 0.816. The van der Waals surface area contributed by atoms with E-state index in [4.69, 9.17) is 4.74 Å². The van der Waals surface area contributed by atoms with Crippen molar-refractivity contribution in [2.24, 2.45) is 0 Å². The summed E-state index contributed by atoms with van der Waals surface area (Å²) in [6.45, 7) is 2.08. The molecule has 0 spiro atoms. The molecule has 0 bridgehead atoms. The number of anilines is 1. The van der Waals surface area contributed by atoms with Crippen LogP contribution in [0.1, 0.15) is 12.8 Å². The van der Waals surface area contributed by atoms with E-state index >= 15 is 0 Å². The Labute approximate surface area is 118 Å². The molecule has 1 aromatic rings. The first-order chi connectivity index (χ1) is 9.28.